The summed E-state index contributed by atoms with van der Waals surface area (Å²) < 4.78 is 5.09. The van der Waals surface area contributed by atoms with Crippen LogP contribution in [0.5, 0.6) is 0 Å². The quantitative estimate of drug-likeness (QED) is 0.682. The van der Waals surface area contributed by atoms with Gasteiger partial charge in [0.2, 0.25) is 5.95 Å². The number of nitrogens with zero attached hydrogens (tertiary/aromatic N) is 1. The highest BCUT2D eigenvalue weighted by Crippen LogP contribution is 2.11. The van der Waals surface area contributed by atoms with Gasteiger partial charge in [0.05, 0.1) is 5.69 Å². The van der Waals surface area contributed by atoms with Crippen molar-refractivity contribution in [1.29, 1.82) is 0 Å². The summed E-state index contributed by atoms with van der Waals surface area (Å²) >= 11 is 0. The maximum Gasteiger partial charge on any atom is 0.346 e. The summed E-state index contributed by atoms with van der Waals surface area (Å²) in [6.45, 7) is 6.70. The number of H-pyrrole nitrogens is 1. The monoisotopic (exact) mass is 225 g/mol. The van der Waals surface area contributed by atoms with E-state index >= 15 is 0 Å². The second-order valence-corrected chi connectivity index (χ2v) is 4.41. The molecule has 0 saturated carbocycles. The smallest absolute Gasteiger partial charge is 0.346 e. The molecule has 3 N–H and O–H groups in total. The SMILES string of the molecule is Cc1nc(N)[nH]c(=O)c1C(=O)OC(C)(C)C. The molecular formula is C10H15N3O3. The van der Waals surface area contributed by atoms with Crippen LogP contribution in [0.4, 0.5) is 5.95 Å². The standard InChI is InChI=1S/C10H15N3O3/c1-5-6(7(14)13-9(11)12-5)8(15)16-10(2,3)4/h1-4H3,(H3,11,12,13,14). The summed E-state index contributed by atoms with van der Waals surface area (Å²) in [5.74, 6) is -0.714. The van der Waals surface area contributed by atoms with E-state index in [9.17, 15) is 9.59 Å². The molecule has 0 aliphatic heterocycles. The Balaban J connectivity index is 3.15. The second-order valence-electron chi connectivity index (χ2n) is 4.41. The summed E-state index contributed by atoms with van der Waals surface area (Å²) in [7, 11) is 0. The molecule has 1 rings (SSSR count). The van der Waals surface area contributed by atoms with E-state index in [0.717, 1.165) is 0 Å². The van der Waals surface area contributed by atoms with E-state index in [2.05, 4.69) is 9.97 Å². The molecule has 0 bridgehead atoms. The number of anilines is 1. The van der Waals surface area contributed by atoms with Gasteiger partial charge in [-0.2, -0.15) is 0 Å². The minimum absolute atomic E-state index is 0.0187. The van der Waals surface area contributed by atoms with Gasteiger partial charge in [0, 0.05) is 0 Å². The van der Waals surface area contributed by atoms with Gasteiger partial charge in [-0.3, -0.25) is 9.78 Å². The molecule has 1 aromatic heterocycles. The number of aromatic amines is 1. The van der Waals surface area contributed by atoms with Crippen molar-refractivity contribution < 1.29 is 9.53 Å². The molecule has 0 saturated heterocycles. The van der Waals surface area contributed by atoms with Gasteiger partial charge in [-0.25, -0.2) is 9.78 Å². The minimum atomic E-state index is -0.696. The molecule has 0 fully saturated rings. The number of hydrogen-bond acceptors (Lipinski definition) is 5. The highest BCUT2D eigenvalue weighted by molar-refractivity contribution is 5.90. The molecule has 16 heavy (non-hydrogen) atoms. The van der Waals surface area contributed by atoms with Gasteiger partial charge in [-0.15, -0.1) is 0 Å². The third-order valence-electron chi connectivity index (χ3n) is 1.72. The van der Waals surface area contributed by atoms with Gasteiger partial charge in [-0.05, 0) is 27.7 Å². The van der Waals surface area contributed by atoms with E-state index in [1.165, 1.54) is 6.92 Å². The molecule has 0 aliphatic rings. The number of aryl methyl sites for hydroxylation is 1. The fourth-order valence-corrected chi connectivity index (χ4v) is 1.18. The van der Waals surface area contributed by atoms with Crippen molar-refractivity contribution in [3.05, 3.63) is 21.6 Å². The van der Waals surface area contributed by atoms with Crippen molar-refractivity contribution in [3.63, 3.8) is 0 Å². The van der Waals surface area contributed by atoms with Gasteiger partial charge < -0.3 is 10.5 Å². The van der Waals surface area contributed by atoms with E-state index in [1.54, 1.807) is 20.8 Å². The summed E-state index contributed by atoms with van der Waals surface area (Å²) in [4.78, 5) is 29.3. The Hall–Kier alpha value is -1.85. The molecule has 1 aromatic rings. The molecule has 0 amide bonds. The van der Waals surface area contributed by atoms with Crippen molar-refractivity contribution in [2.75, 3.05) is 5.73 Å². The first-order chi connectivity index (χ1) is 7.20. The number of aromatic nitrogens is 2. The second kappa shape index (κ2) is 3.96. The average Bonchev–Trinajstić information content (AvgIpc) is 1.96. The van der Waals surface area contributed by atoms with Crippen molar-refractivity contribution in [3.8, 4) is 0 Å². The predicted molar refractivity (Wildman–Crippen MR) is 59.2 cm³/mol. The number of ether oxygens (including phenoxy) is 1. The number of hydrogen-bond donors (Lipinski definition) is 2. The van der Waals surface area contributed by atoms with Crippen LogP contribution in [0.25, 0.3) is 0 Å². The van der Waals surface area contributed by atoms with Crippen LogP contribution >= 0.6 is 0 Å². The third kappa shape index (κ3) is 2.82. The Morgan fingerprint density at radius 2 is 2.00 bits per heavy atom. The highest BCUT2D eigenvalue weighted by atomic mass is 16.6. The lowest BCUT2D eigenvalue weighted by atomic mass is 10.2. The summed E-state index contributed by atoms with van der Waals surface area (Å²) in [6.07, 6.45) is 0. The number of carbonyl (C=O) groups excluding carboxylic acids is 1. The number of nitrogens with two attached hydrogens (primary N) is 1. The van der Waals surface area contributed by atoms with E-state index in [1.807, 2.05) is 0 Å². The molecule has 6 nitrogen and oxygen atoms in total. The Bertz CT molecular complexity index is 471. The van der Waals surface area contributed by atoms with Crippen LogP contribution in [0.3, 0.4) is 0 Å². The molecule has 6 heteroatoms. The lowest BCUT2D eigenvalue weighted by Crippen LogP contribution is -2.30. The number of nitrogens with one attached hydrogen (secondary N) is 1. The zero-order valence-corrected chi connectivity index (χ0v) is 9.75. The zero-order valence-electron chi connectivity index (χ0n) is 9.75. The predicted octanol–water partition coefficient (Wildman–Crippen LogP) is 0.616. The van der Waals surface area contributed by atoms with E-state index in [-0.39, 0.29) is 17.2 Å². The number of carbonyl (C=O) groups is 1. The van der Waals surface area contributed by atoms with Crippen LogP contribution in [0, 0.1) is 6.92 Å². The van der Waals surface area contributed by atoms with Crippen LogP contribution in [0.2, 0.25) is 0 Å². The highest BCUT2D eigenvalue weighted by Gasteiger charge is 2.22. The van der Waals surface area contributed by atoms with Gasteiger partial charge in [0.15, 0.2) is 0 Å². The number of rotatable bonds is 1. The number of esters is 1. The molecule has 0 aliphatic carbocycles. The number of nitrogen functional groups attached to an aromatic ring is 1. The van der Waals surface area contributed by atoms with Gasteiger partial charge in [0.25, 0.3) is 5.56 Å². The first-order valence-electron chi connectivity index (χ1n) is 4.80. The molecule has 0 atom stereocenters. The molecule has 0 radical (unpaired) electrons. The van der Waals surface area contributed by atoms with Crippen LogP contribution < -0.4 is 11.3 Å². The molecular weight excluding hydrogens is 210 g/mol. The lowest BCUT2D eigenvalue weighted by molar-refractivity contribution is 0.00662. The summed E-state index contributed by atoms with van der Waals surface area (Å²) in [5, 5.41) is 0. The van der Waals surface area contributed by atoms with Crippen LogP contribution in [-0.2, 0) is 4.74 Å². The maximum absolute atomic E-state index is 11.7. The fourth-order valence-electron chi connectivity index (χ4n) is 1.18. The molecule has 0 unspecified atom stereocenters. The van der Waals surface area contributed by atoms with E-state index in [0.29, 0.717) is 0 Å². The molecule has 1 heterocycles. The third-order valence-corrected chi connectivity index (χ3v) is 1.72. The maximum atomic E-state index is 11.7. The Labute approximate surface area is 92.8 Å². The average molecular weight is 225 g/mol. The van der Waals surface area contributed by atoms with Crippen molar-refractivity contribution >= 4 is 11.9 Å². The minimum Gasteiger partial charge on any atom is -0.456 e. The van der Waals surface area contributed by atoms with Gasteiger partial charge >= 0.3 is 5.97 Å². The van der Waals surface area contributed by atoms with Crippen molar-refractivity contribution in [1.82, 2.24) is 9.97 Å². The van der Waals surface area contributed by atoms with E-state index in [4.69, 9.17) is 10.5 Å². The Kier molecular flexibility index (Phi) is 3.02. The van der Waals surface area contributed by atoms with Crippen molar-refractivity contribution in [2.45, 2.75) is 33.3 Å². The van der Waals surface area contributed by atoms with Gasteiger partial charge in [0.1, 0.15) is 11.2 Å². The zero-order chi connectivity index (χ0) is 12.5. The first kappa shape index (κ1) is 12.2. The summed E-state index contributed by atoms with van der Waals surface area (Å²) in [6, 6.07) is 0. The lowest BCUT2D eigenvalue weighted by Gasteiger charge is -2.19. The first-order valence-corrected chi connectivity index (χ1v) is 4.80. The Morgan fingerprint density at radius 3 is 2.44 bits per heavy atom. The molecule has 88 valence electrons. The van der Waals surface area contributed by atoms with E-state index < -0.39 is 17.1 Å². The van der Waals surface area contributed by atoms with Crippen molar-refractivity contribution in [2.24, 2.45) is 0 Å². The topological polar surface area (TPSA) is 98.1 Å². The largest absolute Gasteiger partial charge is 0.456 e. The summed E-state index contributed by atoms with van der Waals surface area (Å²) in [5.41, 5.74) is 4.25. The van der Waals surface area contributed by atoms with Crippen LogP contribution in [-0.4, -0.2) is 21.5 Å². The Morgan fingerprint density at radius 1 is 1.44 bits per heavy atom. The van der Waals surface area contributed by atoms with Crippen LogP contribution in [0.1, 0.15) is 36.8 Å². The molecule has 0 aromatic carbocycles. The molecule has 0 spiro atoms. The van der Waals surface area contributed by atoms with Gasteiger partial charge in [-0.1, -0.05) is 0 Å². The van der Waals surface area contributed by atoms with Crippen LogP contribution in [0.15, 0.2) is 4.79 Å². The fraction of sp³-hybridized carbons (Fsp3) is 0.500. The normalized spacial score (nSPS) is 11.2.